The topological polar surface area (TPSA) is 83.6 Å². The normalized spacial score (nSPS) is 25.5. The fraction of sp³-hybridized carbons (Fsp3) is 0.833. The van der Waals surface area contributed by atoms with Crippen molar-refractivity contribution in [1.29, 1.82) is 0 Å². The van der Waals surface area contributed by atoms with E-state index in [-0.39, 0.29) is 23.7 Å². The molecule has 0 bridgehead atoms. The highest BCUT2D eigenvalue weighted by molar-refractivity contribution is 8.00. The summed E-state index contributed by atoms with van der Waals surface area (Å²) >= 11 is 1.50. The number of hydrogen-bond donors (Lipinski definition) is 2. The lowest BCUT2D eigenvalue weighted by Crippen LogP contribution is -2.48. The minimum atomic E-state index is -0.930. The van der Waals surface area contributed by atoms with Crippen LogP contribution < -0.4 is 5.73 Å². The van der Waals surface area contributed by atoms with Crippen molar-refractivity contribution in [3.05, 3.63) is 0 Å². The Labute approximate surface area is 112 Å². The van der Waals surface area contributed by atoms with E-state index in [1.54, 1.807) is 0 Å². The second-order valence-corrected chi connectivity index (χ2v) is 6.44. The number of carbonyl (C=O) groups is 2. The third-order valence-corrected chi connectivity index (χ3v) is 4.37. The highest BCUT2D eigenvalue weighted by atomic mass is 32.2. The molecule has 1 heterocycles. The van der Waals surface area contributed by atoms with Gasteiger partial charge in [-0.2, -0.15) is 0 Å². The number of hydrogen-bond acceptors (Lipinski definition) is 4. The molecule has 5 nitrogen and oxygen atoms in total. The molecule has 3 atom stereocenters. The molecule has 3 unspecified atom stereocenters. The van der Waals surface area contributed by atoms with Gasteiger partial charge in [0.2, 0.25) is 5.91 Å². The first-order valence-electron chi connectivity index (χ1n) is 6.25. The molecule has 6 heteroatoms. The predicted octanol–water partition coefficient (Wildman–Crippen LogP) is 0.982. The zero-order valence-electron chi connectivity index (χ0n) is 11.1. The van der Waals surface area contributed by atoms with Crippen LogP contribution in [-0.4, -0.2) is 45.6 Å². The average molecular weight is 274 g/mol. The quantitative estimate of drug-likeness (QED) is 0.781. The lowest BCUT2D eigenvalue weighted by atomic mass is 9.95. The maximum atomic E-state index is 12.4. The van der Waals surface area contributed by atoms with Crippen molar-refractivity contribution in [3.8, 4) is 0 Å². The number of carboxylic acids is 1. The van der Waals surface area contributed by atoms with Gasteiger partial charge in [0.05, 0.1) is 11.3 Å². The summed E-state index contributed by atoms with van der Waals surface area (Å²) in [5.74, 6) is -0.484. The average Bonchev–Trinajstić information content (AvgIpc) is 2.66. The van der Waals surface area contributed by atoms with Crippen molar-refractivity contribution in [2.75, 3.05) is 12.3 Å². The summed E-state index contributed by atoms with van der Waals surface area (Å²) in [4.78, 5) is 25.1. The van der Waals surface area contributed by atoms with Crippen molar-refractivity contribution in [3.63, 3.8) is 0 Å². The molecule has 3 N–H and O–H groups in total. The molecule has 0 aromatic carbocycles. The van der Waals surface area contributed by atoms with E-state index in [1.165, 1.54) is 16.7 Å². The summed E-state index contributed by atoms with van der Waals surface area (Å²) in [6, 6.07) is -0.710. The maximum Gasteiger partial charge on any atom is 0.327 e. The van der Waals surface area contributed by atoms with Gasteiger partial charge in [-0.05, 0) is 19.3 Å². The lowest BCUT2D eigenvalue weighted by Gasteiger charge is -2.29. The molecule has 18 heavy (non-hydrogen) atoms. The van der Waals surface area contributed by atoms with Crippen molar-refractivity contribution in [2.45, 2.75) is 38.6 Å². The molecule has 0 aromatic rings. The molecule has 0 aromatic heterocycles. The Morgan fingerprint density at radius 1 is 1.50 bits per heavy atom. The van der Waals surface area contributed by atoms with E-state index in [9.17, 15) is 9.59 Å². The number of nitrogens with zero attached hydrogens (tertiary/aromatic N) is 1. The van der Waals surface area contributed by atoms with Gasteiger partial charge in [0.25, 0.3) is 0 Å². The van der Waals surface area contributed by atoms with Crippen molar-refractivity contribution in [1.82, 2.24) is 4.90 Å². The van der Waals surface area contributed by atoms with Gasteiger partial charge in [-0.25, -0.2) is 4.79 Å². The molecule has 1 aliphatic rings. The number of nitrogens with two attached hydrogens (primary N) is 1. The lowest BCUT2D eigenvalue weighted by molar-refractivity contribution is -0.150. The van der Waals surface area contributed by atoms with E-state index >= 15 is 0 Å². The Morgan fingerprint density at radius 2 is 2.11 bits per heavy atom. The van der Waals surface area contributed by atoms with Crippen molar-refractivity contribution >= 4 is 23.6 Å². The van der Waals surface area contributed by atoms with Gasteiger partial charge in [0.15, 0.2) is 0 Å². The molecule has 0 spiro atoms. The molecule has 1 rings (SSSR count). The molecule has 0 aliphatic carbocycles. The smallest absolute Gasteiger partial charge is 0.327 e. The number of amides is 1. The molecule has 1 amide bonds. The second-order valence-electron chi connectivity index (χ2n) is 5.09. The zero-order chi connectivity index (χ0) is 13.9. The first-order chi connectivity index (χ1) is 8.38. The van der Waals surface area contributed by atoms with Gasteiger partial charge < -0.3 is 15.7 Å². The summed E-state index contributed by atoms with van der Waals surface area (Å²) in [6.45, 7) is 6.21. The van der Waals surface area contributed by atoms with Crippen LogP contribution >= 0.6 is 11.8 Å². The van der Waals surface area contributed by atoms with Crippen LogP contribution in [-0.2, 0) is 9.59 Å². The second kappa shape index (κ2) is 6.43. The largest absolute Gasteiger partial charge is 0.480 e. The molecule has 0 radical (unpaired) electrons. The van der Waals surface area contributed by atoms with Gasteiger partial charge in [-0.3, -0.25) is 4.79 Å². The third kappa shape index (κ3) is 3.38. The number of carboxylic acid groups (broad SMARTS) is 1. The Hall–Kier alpha value is -0.750. The van der Waals surface area contributed by atoms with Crippen molar-refractivity contribution < 1.29 is 14.7 Å². The Bertz CT molecular complexity index is 322. The minimum absolute atomic E-state index is 0.0835. The molecular formula is C12H22N2O3S. The monoisotopic (exact) mass is 274 g/mol. The van der Waals surface area contributed by atoms with E-state index in [0.29, 0.717) is 18.1 Å². The van der Waals surface area contributed by atoms with Crippen LogP contribution in [0.15, 0.2) is 0 Å². The van der Waals surface area contributed by atoms with Crippen LogP contribution in [0.5, 0.6) is 0 Å². The summed E-state index contributed by atoms with van der Waals surface area (Å²) < 4.78 is 0. The van der Waals surface area contributed by atoms with Gasteiger partial charge in [0, 0.05) is 12.3 Å². The van der Waals surface area contributed by atoms with Gasteiger partial charge >= 0.3 is 5.97 Å². The summed E-state index contributed by atoms with van der Waals surface area (Å²) in [7, 11) is 0. The molecule has 1 saturated heterocycles. The van der Waals surface area contributed by atoms with Crippen LogP contribution in [0.25, 0.3) is 0 Å². The molecular weight excluding hydrogens is 252 g/mol. The minimum Gasteiger partial charge on any atom is -0.480 e. The molecule has 104 valence electrons. The zero-order valence-corrected chi connectivity index (χ0v) is 11.9. The third-order valence-electron chi connectivity index (χ3n) is 3.15. The van der Waals surface area contributed by atoms with Crippen molar-refractivity contribution in [2.24, 2.45) is 17.6 Å². The van der Waals surface area contributed by atoms with Crippen LogP contribution in [0.2, 0.25) is 0 Å². The van der Waals surface area contributed by atoms with E-state index in [2.05, 4.69) is 0 Å². The Morgan fingerprint density at radius 3 is 2.56 bits per heavy atom. The molecule has 0 saturated carbocycles. The SMILES string of the molecule is CC(C)CC(CN)C(=O)N1C(C)SCC1C(=O)O. The fourth-order valence-corrected chi connectivity index (χ4v) is 3.42. The van der Waals surface area contributed by atoms with Crippen LogP contribution in [0.4, 0.5) is 0 Å². The number of thioether (sulfide) groups is 1. The number of aliphatic carboxylic acids is 1. The summed E-state index contributed by atoms with van der Waals surface area (Å²) in [5.41, 5.74) is 5.65. The van der Waals surface area contributed by atoms with Crippen LogP contribution in [0.1, 0.15) is 27.2 Å². The van der Waals surface area contributed by atoms with E-state index in [4.69, 9.17) is 10.8 Å². The van der Waals surface area contributed by atoms with Crippen LogP contribution in [0, 0.1) is 11.8 Å². The van der Waals surface area contributed by atoms with E-state index < -0.39 is 12.0 Å². The standard InChI is InChI=1S/C12H22N2O3S/c1-7(2)4-9(5-13)11(15)14-8(3)18-6-10(14)12(16)17/h7-10H,4-6,13H2,1-3H3,(H,16,17). The Kier molecular flexibility index (Phi) is 5.47. The fourth-order valence-electron chi connectivity index (χ4n) is 2.25. The molecule has 1 fully saturated rings. The van der Waals surface area contributed by atoms with Gasteiger partial charge in [0.1, 0.15) is 6.04 Å². The molecule has 1 aliphatic heterocycles. The highest BCUT2D eigenvalue weighted by Gasteiger charge is 2.41. The van der Waals surface area contributed by atoms with Crippen LogP contribution in [0.3, 0.4) is 0 Å². The first-order valence-corrected chi connectivity index (χ1v) is 7.30. The highest BCUT2D eigenvalue weighted by Crippen LogP contribution is 2.31. The predicted molar refractivity (Wildman–Crippen MR) is 72.2 cm³/mol. The first kappa shape index (κ1) is 15.3. The summed E-state index contributed by atoms with van der Waals surface area (Å²) in [5, 5.41) is 9.06. The van der Waals surface area contributed by atoms with Gasteiger partial charge in [-0.15, -0.1) is 11.8 Å². The van der Waals surface area contributed by atoms with Gasteiger partial charge in [-0.1, -0.05) is 13.8 Å². The Balaban J connectivity index is 2.81. The van der Waals surface area contributed by atoms with E-state index in [0.717, 1.165) is 0 Å². The number of rotatable bonds is 5. The maximum absolute atomic E-state index is 12.4. The van der Waals surface area contributed by atoms with E-state index in [1.807, 2.05) is 20.8 Å². The summed E-state index contributed by atoms with van der Waals surface area (Å²) in [6.07, 6.45) is 0.704. The number of carbonyl (C=O) groups excluding carboxylic acids is 1.